The number of ketones is 1. The van der Waals surface area contributed by atoms with Gasteiger partial charge in [-0.1, -0.05) is 12.1 Å². The molecule has 1 aromatic carbocycles. The molecule has 0 amide bonds. The smallest absolute Gasteiger partial charge is 0.177 e. The highest BCUT2D eigenvalue weighted by molar-refractivity contribution is 5.97. The molecule has 0 saturated carbocycles. The van der Waals surface area contributed by atoms with Gasteiger partial charge in [-0.15, -0.1) is 0 Å². The third-order valence-electron chi connectivity index (χ3n) is 2.75. The van der Waals surface area contributed by atoms with Crippen LogP contribution in [-0.2, 0) is 0 Å². The molecule has 18 heavy (non-hydrogen) atoms. The van der Waals surface area contributed by atoms with E-state index in [1.165, 1.54) is 6.92 Å². The maximum atomic E-state index is 11.4. The highest BCUT2D eigenvalue weighted by atomic mass is 16.5. The van der Waals surface area contributed by atoms with Crippen LogP contribution in [0.1, 0.15) is 23.0 Å². The van der Waals surface area contributed by atoms with Crippen LogP contribution in [0.3, 0.4) is 0 Å². The Morgan fingerprint density at radius 3 is 2.50 bits per heavy atom. The molecule has 1 aromatic heterocycles. The van der Waals surface area contributed by atoms with Crippen LogP contribution in [0.15, 0.2) is 30.5 Å². The molecule has 90 valence electrons. The lowest BCUT2D eigenvalue weighted by Gasteiger charge is -2.02. The lowest BCUT2D eigenvalue weighted by atomic mass is 10.0. The van der Waals surface area contributed by atoms with Gasteiger partial charge in [-0.05, 0) is 17.7 Å². The predicted octanol–water partition coefficient (Wildman–Crippen LogP) is 2.76. The highest BCUT2D eigenvalue weighted by Gasteiger charge is 2.15. The molecule has 0 aliphatic carbocycles. The number of carbonyl (C=O) groups excluding carboxylic acids is 1. The van der Waals surface area contributed by atoms with E-state index in [1.54, 1.807) is 13.3 Å². The van der Waals surface area contributed by atoms with Crippen molar-refractivity contribution in [3.63, 3.8) is 0 Å². The second kappa shape index (κ2) is 4.76. The van der Waals surface area contributed by atoms with Crippen molar-refractivity contribution in [1.29, 1.82) is 5.26 Å². The summed E-state index contributed by atoms with van der Waals surface area (Å²) in [7, 11) is 1.60. The molecule has 0 radical (unpaired) electrons. The summed E-state index contributed by atoms with van der Waals surface area (Å²) in [6, 6.07) is 9.41. The van der Waals surface area contributed by atoms with Gasteiger partial charge in [0.2, 0.25) is 0 Å². The first-order chi connectivity index (χ1) is 8.67. The summed E-state index contributed by atoms with van der Waals surface area (Å²) in [5.41, 5.74) is 2.33. The number of hydrogen-bond acceptors (Lipinski definition) is 3. The molecule has 0 aliphatic rings. The minimum Gasteiger partial charge on any atom is -0.497 e. The van der Waals surface area contributed by atoms with Crippen molar-refractivity contribution in [3.8, 4) is 22.9 Å². The molecular formula is C14H12N2O2. The Kier molecular flexibility index (Phi) is 3.16. The zero-order chi connectivity index (χ0) is 13.1. The topological polar surface area (TPSA) is 65.9 Å². The molecule has 1 heterocycles. The number of nitrogens with zero attached hydrogens (tertiary/aromatic N) is 1. The summed E-state index contributed by atoms with van der Waals surface area (Å²) in [5.74, 6) is 0.603. The minimum absolute atomic E-state index is 0.147. The van der Waals surface area contributed by atoms with E-state index >= 15 is 0 Å². The average molecular weight is 240 g/mol. The number of aromatic nitrogens is 1. The Morgan fingerprint density at radius 2 is 2.00 bits per heavy atom. The van der Waals surface area contributed by atoms with Crippen molar-refractivity contribution < 1.29 is 9.53 Å². The normalized spacial score (nSPS) is 9.83. The van der Waals surface area contributed by atoms with Gasteiger partial charge in [0, 0.05) is 18.7 Å². The van der Waals surface area contributed by atoms with E-state index < -0.39 is 0 Å². The third-order valence-corrected chi connectivity index (χ3v) is 2.75. The van der Waals surface area contributed by atoms with E-state index in [9.17, 15) is 4.79 Å². The minimum atomic E-state index is -0.147. The highest BCUT2D eigenvalue weighted by Crippen LogP contribution is 2.27. The van der Waals surface area contributed by atoms with Gasteiger partial charge in [0.15, 0.2) is 5.78 Å². The Morgan fingerprint density at radius 1 is 1.33 bits per heavy atom. The predicted molar refractivity (Wildman–Crippen MR) is 67.5 cm³/mol. The molecule has 0 aliphatic heterocycles. The van der Waals surface area contributed by atoms with Gasteiger partial charge in [-0.2, -0.15) is 5.26 Å². The molecular weight excluding hydrogens is 228 g/mol. The van der Waals surface area contributed by atoms with Crippen molar-refractivity contribution in [2.45, 2.75) is 6.92 Å². The van der Waals surface area contributed by atoms with Crippen LogP contribution in [0, 0.1) is 11.3 Å². The first-order valence-electron chi connectivity index (χ1n) is 5.44. The van der Waals surface area contributed by atoms with Crippen molar-refractivity contribution >= 4 is 5.78 Å². The van der Waals surface area contributed by atoms with Gasteiger partial charge in [-0.25, -0.2) is 0 Å². The summed E-state index contributed by atoms with van der Waals surface area (Å²) in [4.78, 5) is 14.2. The fourth-order valence-electron chi connectivity index (χ4n) is 1.82. The van der Waals surface area contributed by atoms with E-state index in [0.29, 0.717) is 11.3 Å². The summed E-state index contributed by atoms with van der Waals surface area (Å²) in [6.07, 6.45) is 1.68. The Balaban J connectivity index is 2.51. The Hall–Kier alpha value is -2.54. The molecule has 1 N–H and O–H groups in total. The van der Waals surface area contributed by atoms with Crippen molar-refractivity contribution in [2.24, 2.45) is 0 Å². The largest absolute Gasteiger partial charge is 0.497 e. The van der Waals surface area contributed by atoms with Gasteiger partial charge in [0.05, 0.1) is 12.7 Å². The fraction of sp³-hybridized carbons (Fsp3) is 0.143. The lowest BCUT2D eigenvalue weighted by Crippen LogP contribution is -1.95. The summed E-state index contributed by atoms with van der Waals surface area (Å²) in [5, 5.41) is 9.15. The van der Waals surface area contributed by atoms with Gasteiger partial charge >= 0.3 is 0 Å². The number of hydrogen-bond donors (Lipinski definition) is 1. The molecule has 0 saturated heterocycles. The standard InChI is InChI=1S/C14H12N2O2/c1-9(17)14-12(7-15)13(8-16-14)10-3-5-11(18-2)6-4-10/h3-6,8,16H,1-2H3. The van der Waals surface area contributed by atoms with Gasteiger partial charge in [-0.3, -0.25) is 4.79 Å². The first-order valence-corrected chi connectivity index (χ1v) is 5.44. The maximum Gasteiger partial charge on any atom is 0.177 e. The van der Waals surface area contributed by atoms with Gasteiger partial charge in [0.25, 0.3) is 0 Å². The molecule has 0 unspecified atom stereocenters. The van der Waals surface area contributed by atoms with Crippen molar-refractivity contribution in [2.75, 3.05) is 7.11 Å². The number of ether oxygens (including phenoxy) is 1. The van der Waals surface area contributed by atoms with Crippen molar-refractivity contribution in [3.05, 3.63) is 41.7 Å². The zero-order valence-corrected chi connectivity index (χ0v) is 10.2. The Labute approximate surface area is 105 Å². The van der Waals surface area contributed by atoms with Crippen LogP contribution >= 0.6 is 0 Å². The number of aromatic amines is 1. The van der Waals surface area contributed by atoms with Crippen LogP contribution in [0.4, 0.5) is 0 Å². The van der Waals surface area contributed by atoms with E-state index in [2.05, 4.69) is 11.1 Å². The van der Waals surface area contributed by atoms with Gasteiger partial charge < -0.3 is 9.72 Å². The first kappa shape index (κ1) is 11.9. The van der Waals surface area contributed by atoms with Crippen LogP contribution in [-0.4, -0.2) is 17.9 Å². The molecule has 0 atom stereocenters. The number of H-pyrrole nitrogens is 1. The van der Waals surface area contributed by atoms with Crippen LogP contribution in [0.5, 0.6) is 5.75 Å². The fourth-order valence-corrected chi connectivity index (χ4v) is 1.82. The number of benzene rings is 1. The quantitative estimate of drug-likeness (QED) is 0.839. The second-order valence-electron chi connectivity index (χ2n) is 3.85. The molecule has 4 nitrogen and oxygen atoms in total. The van der Waals surface area contributed by atoms with Gasteiger partial charge in [0.1, 0.15) is 17.5 Å². The second-order valence-corrected chi connectivity index (χ2v) is 3.85. The number of rotatable bonds is 3. The van der Waals surface area contributed by atoms with E-state index in [0.717, 1.165) is 16.9 Å². The zero-order valence-electron chi connectivity index (χ0n) is 10.2. The third kappa shape index (κ3) is 1.98. The SMILES string of the molecule is COc1ccc(-c2c[nH]c(C(C)=O)c2C#N)cc1. The number of nitrogens with one attached hydrogen (secondary N) is 1. The number of methoxy groups -OCH3 is 1. The molecule has 2 aromatic rings. The average Bonchev–Trinajstić information content (AvgIpc) is 2.82. The van der Waals surface area contributed by atoms with Crippen LogP contribution in [0.2, 0.25) is 0 Å². The van der Waals surface area contributed by atoms with Crippen LogP contribution < -0.4 is 4.74 Å². The van der Waals surface area contributed by atoms with E-state index in [1.807, 2.05) is 24.3 Å². The molecule has 0 fully saturated rings. The lowest BCUT2D eigenvalue weighted by molar-refractivity contribution is 0.101. The number of nitriles is 1. The monoisotopic (exact) mass is 240 g/mol. The van der Waals surface area contributed by atoms with Crippen LogP contribution in [0.25, 0.3) is 11.1 Å². The summed E-state index contributed by atoms with van der Waals surface area (Å²) >= 11 is 0. The Bertz CT molecular complexity index is 618. The van der Waals surface area contributed by atoms with Crippen molar-refractivity contribution in [1.82, 2.24) is 4.98 Å². The maximum absolute atomic E-state index is 11.4. The molecule has 0 spiro atoms. The van der Waals surface area contributed by atoms with E-state index in [4.69, 9.17) is 10.00 Å². The molecule has 4 heteroatoms. The number of carbonyl (C=O) groups is 1. The number of Topliss-reactive ketones (excluding diaryl/α,β-unsaturated/α-hetero) is 1. The summed E-state index contributed by atoms with van der Waals surface area (Å²) in [6.45, 7) is 1.43. The molecule has 0 bridgehead atoms. The summed E-state index contributed by atoms with van der Waals surface area (Å²) < 4.78 is 5.08. The van der Waals surface area contributed by atoms with E-state index in [-0.39, 0.29) is 5.78 Å². The molecule has 2 rings (SSSR count).